The van der Waals surface area contributed by atoms with Gasteiger partial charge in [0.2, 0.25) is 0 Å². The first-order valence-electron chi connectivity index (χ1n) is 7.65. The van der Waals surface area contributed by atoms with Crippen LogP contribution in [0.2, 0.25) is 0 Å². The van der Waals surface area contributed by atoms with Crippen molar-refractivity contribution >= 4 is 5.91 Å². The first kappa shape index (κ1) is 15.8. The Kier molecular flexibility index (Phi) is 5.17. The Morgan fingerprint density at radius 3 is 2.95 bits per heavy atom. The zero-order valence-electron chi connectivity index (χ0n) is 13.2. The summed E-state index contributed by atoms with van der Waals surface area (Å²) in [6, 6.07) is 1.78. The van der Waals surface area contributed by atoms with Crippen molar-refractivity contribution in [2.24, 2.45) is 5.92 Å². The van der Waals surface area contributed by atoms with Gasteiger partial charge >= 0.3 is 0 Å². The van der Waals surface area contributed by atoms with Crippen molar-refractivity contribution in [2.45, 2.75) is 32.6 Å². The Balaban J connectivity index is 2.04. The standard InChI is InChI=1S/C16H25N3O2/c1-11-5-6-14-12(9-11)10-13(16(21)18-14)15(20)17-7-4-8-19(2)3/h10-11H,4-9H2,1-3H3,(H,17,20)(H,18,21)/t11-/m1/s1. The fourth-order valence-corrected chi connectivity index (χ4v) is 2.75. The number of pyridine rings is 1. The van der Waals surface area contributed by atoms with Crippen molar-refractivity contribution in [2.75, 3.05) is 27.2 Å². The molecule has 1 aliphatic carbocycles. The number of aryl methyl sites for hydroxylation is 1. The lowest BCUT2D eigenvalue weighted by molar-refractivity contribution is 0.0950. The van der Waals surface area contributed by atoms with Gasteiger partial charge in [-0.15, -0.1) is 0 Å². The van der Waals surface area contributed by atoms with Gasteiger partial charge in [-0.25, -0.2) is 0 Å². The van der Waals surface area contributed by atoms with Crippen LogP contribution in [0.5, 0.6) is 0 Å². The molecule has 1 aromatic heterocycles. The predicted octanol–water partition coefficient (Wildman–Crippen LogP) is 1.18. The molecule has 2 N–H and O–H groups in total. The molecule has 1 aromatic rings. The SMILES string of the molecule is C[C@@H]1CCc2[nH]c(=O)c(C(=O)NCCCN(C)C)cc2C1. The van der Waals surface area contributed by atoms with Gasteiger partial charge in [0.1, 0.15) is 5.56 Å². The van der Waals surface area contributed by atoms with E-state index in [1.165, 1.54) is 0 Å². The van der Waals surface area contributed by atoms with Crippen LogP contribution in [-0.4, -0.2) is 43.0 Å². The molecular weight excluding hydrogens is 266 g/mol. The average Bonchev–Trinajstić information content (AvgIpc) is 2.43. The lowest BCUT2D eigenvalue weighted by atomic mass is 9.87. The number of nitrogens with zero attached hydrogens (tertiary/aromatic N) is 1. The van der Waals surface area contributed by atoms with E-state index >= 15 is 0 Å². The Morgan fingerprint density at radius 2 is 2.24 bits per heavy atom. The van der Waals surface area contributed by atoms with E-state index in [2.05, 4.69) is 22.1 Å². The molecule has 0 bridgehead atoms. The zero-order chi connectivity index (χ0) is 15.4. The lowest BCUT2D eigenvalue weighted by Crippen LogP contribution is -2.33. The molecule has 5 heteroatoms. The van der Waals surface area contributed by atoms with E-state index in [0.717, 1.165) is 43.5 Å². The molecule has 116 valence electrons. The molecule has 21 heavy (non-hydrogen) atoms. The molecule has 0 spiro atoms. The summed E-state index contributed by atoms with van der Waals surface area (Å²) in [4.78, 5) is 29.1. The van der Waals surface area contributed by atoms with E-state index < -0.39 is 0 Å². The minimum atomic E-state index is -0.270. The minimum Gasteiger partial charge on any atom is -0.352 e. The maximum absolute atomic E-state index is 12.1. The van der Waals surface area contributed by atoms with Gasteiger partial charge in [-0.1, -0.05) is 6.92 Å². The number of H-pyrrole nitrogens is 1. The van der Waals surface area contributed by atoms with Crippen LogP contribution in [0, 0.1) is 5.92 Å². The smallest absolute Gasteiger partial charge is 0.261 e. The van der Waals surface area contributed by atoms with Crippen LogP contribution in [0.25, 0.3) is 0 Å². The topological polar surface area (TPSA) is 65.2 Å². The van der Waals surface area contributed by atoms with Gasteiger partial charge in [0.15, 0.2) is 0 Å². The number of carbonyl (C=O) groups excluding carboxylic acids is 1. The fourth-order valence-electron chi connectivity index (χ4n) is 2.75. The molecule has 1 atom stereocenters. The number of rotatable bonds is 5. The molecule has 1 amide bonds. The highest BCUT2D eigenvalue weighted by atomic mass is 16.2. The minimum absolute atomic E-state index is 0.243. The van der Waals surface area contributed by atoms with Crippen LogP contribution in [0.15, 0.2) is 10.9 Å². The number of hydrogen-bond acceptors (Lipinski definition) is 3. The van der Waals surface area contributed by atoms with Crippen LogP contribution in [0.4, 0.5) is 0 Å². The number of aromatic nitrogens is 1. The van der Waals surface area contributed by atoms with Crippen LogP contribution in [-0.2, 0) is 12.8 Å². The van der Waals surface area contributed by atoms with Crippen molar-refractivity contribution < 1.29 is 4.79 Å². The van der Waals surface area contributed by atoms with Gasteiger partial charge in [0, 0.05) is 12.2 Å². The Labute approximate surface area is 125 Å². The number of carbonyl (C=O) groups is 1. The monoisotopic (exact) mass is 291 g/mol. The Bertz CT molecular complexity index is 563. The number of hydrogen-bond donors (Lipinski definition) is 2. The van der Waals surface area contributed by atoms with Gasteiger partial charge in [0.05, 0.1) is 0 Å². The molecule has 0 aliphatic heterocycles. The van der Waals surface area contributed by atoms with E-state index in [1.807, 2.05) is 14.1 Å². The zero-order valence-corrected chi connectivity index (χ0v) is 13.2. The third-order valence-corrected chi connectivity index (χ3v) is 3.98. The summed E-state index contributed by atoms with van der Waals surface area (Å²) in [6.07, 6.45) is 3.81. The summed E-state index contributed by atoms with van der Waals surface area (Å²) >= 11 is 0. The lowest BCUT2D eigenvalue weighted by Gasteiger charge is -2.21. The van der Waals surface area contributed by atoms with E-state index in [0.29, 0.717) is 12.5 Å². The van der Waals surface area contributed by atoms with Crippen molar-refractivity contribution in [1.29, 1.82) is 0 Å². The molecule has 0 unspecified atom stereocenters. The molecule has 0 aromatic carbocycles. The number of nitrogens with one attached hydrogen (secondary N) is 2. The van der Waals surface area contributed by atoms with Gasteiger partial charge in [-0.3, -0.25) is 9.59 Å². The van der Waals surface area contributed by atoms with Crippen molar-refractivity contribution in [3.63, 3.8) is 0 Å². The van der Waals surface area contributed by atoms with Gasteiger partial charge in [0.25, 0.3) is 11.5 Å². The van der Waals surface area contributed by atoms with Gasteiger partial charge in [-0.2, -0.15) is 0 Å². The van der Waals surface area contributed by atoms with E-state index in [9.17, 15) is 9.59 Å². The van der Waals surface area contributed by atoms with E-state index in [-0.39, 0.29) is 17.0 Å². The fraction of sp³-hybridized carbons (Fsp3) is 0.625. The summed E-state index contributed by atoms with van der Waals surface area (Å²) in [6.45, 7) is 3.71. The van der Waals surface area contributed by atoms with E-state index in [1.54, 1.807) is 6.07 Å². The molecule has 0 saturated heterocycles. The second kappa shape index (κ2) is 6.89. The van der Waals surface area contributed by atoms with Crippen LogP contribution >= 0.6 is 0 Å². The average molecular weight is 291 g/mol. The summed E-state index contributed by atoms with van der Waals surface area (Å²) in [5.74, 6) is 0.343. The Hall–Kier alpha value is -1.62. The number of fused-ring (bicyclic) bond motifs is 1. The largest absolute Gasteiger partial charge is 0.352 e. The molecule has 0 fully saturated rings. The van der Waals surface area contributed by atoms with Crippen molar-refractivity contribution in [1.82, 2.24) is 15.2 Å². The van der Waals surface area contributed by atoms with Crippen LogP contribution in [0.1, 0.15) is 41.4 Å². The summed E-state index contributed by atoms with van der Waals surface area (Å²) < 4.78 is 0. The van der Waals surface area contributed by atoms with Crippen LogP contribution in [0.3, 0.4) is 0 Å². The quantitative estimate of drug-likeness (QED) is 0.801. The first-order chi connectivity index (χ1) is 9.97. The maximum atomic E-state index is 12.1. The summed E-state index contributed by atoms with van der Waals surface area (Å²) in [7, 11) is 3.99. The predicted molar refractivity (Wildman–Crippen MR) is 83.8 cm³/mol. The third kappa shape index (κ3) is 4.17. The highest BCUT2D eigenvalue weighted by molar-refractivity contribution is 5.94. The highest BCUT2D eigenvalue weighted by Gasteiger charge is 2.19. The number of aromatic amines is 1. The summed E-state index contributed by atoms with van der Waals surface area (Å²) in [5.41, 5.74) is 2.09. The normalized spacial score (nSPS) is 17.6. The molecule has 5 nitrogen and oxygen atoms in total. The first-order valence-corrected chi connectivity index (χ1v) is 7.65. The molecule has 1 heterocycles. The van der Waals surface area contributed by atoms with Crippen LogP contribution < -0.4 is 10.9 Å². The Morgan fingerprint density at radius 1 is 1.48 bits per heavy atom. The van der Waals surface area contributed by atoms with Crippen molar-refractivity contribution in [3.8, 4) is 0 Å². The number of amides is 1. The molecule has 1 aliphatic rings. The molecular formula is C16H25N3O2. The molecule has 0 saturated carbocycles. The van der Waals surface area contributed by atoms with Crippen molar-refractivity contribution in [3.05, 3.63) is 33.2 Å². The van der Waals surface area contributed by atoms with Gasteiger partial charge in [-0.05, 0) is 63.9 Å². The third-order valence-electron chi connectivity index (χ3n) is 3.98. The second-order valence-corrected chi connectivity index (χ2v) is 6.28. The summed E-state index contributed by atoms with van der Waals surface area (Å²) in [5, 5.41) is 2.83. The second-order valence-electron chi connectivity index (χ2n) is 6.28. The van der Waals surface area contributed by atoms with E-state index in [4.69, 9.17) is 0 Å². The van der Waals surface area contributed by atoms with Gasteiger partial charge < -0.3 is 15.2 Å². The maximum Gasteiger partial charge on any atom is 0.261 e. The molecule has 0 radical (unpaired) electrons. The molecule has 2 rings (SSSR count). The highest BCUT2D eigenvalue weighted by Crippen LogP contribution is 2.23.